The third-order valence-electron chi connectivity index (χ3n) is 14.0. The molecule has 3 atom stereocenters. The molecule has 3 N–H and O–H groups in total. The molecule has 0 spiro atoms. The quantitative estimate of drug-likeness (QED) is 0.0399. The van der Waals surface area contributed by atoms with E-state index in [0.717, 1.165) is 31.4 Å². The van der Waals surface area contributed by atoms with Crippen molar-refractivity contribution in [3.05, 3.63) is 46.3 Å². The SMILES string of the molecule is CCN(CC)CCNC(=O)c1c(C)[nH]c(/C=C2\C(=O)Nc3ccc(OC(=O)CCC(=O)C(C)(CC)O[C@@H](C)C(=O)C(CC)(CC)O[C@H](COc4nsnc4N4CCOCC4)CN(C(C)=O)C(C)(C)C)cc32)c1C. The number of ether oxygens (including phenoxy) is 5. The van der Waals surface area contributed by atoms with Crippen molar-refractivity contribution in [2.45, 2.75) is 151 Å². The normalized spacial score (nSPS) is 16.2. The van der Waals surface area contributed by atoms with Crippen LogP contribution in [0.2, 0.25) is 0 Å². The molecule has 1 fully saturated rings. The Hall–Kier alpha value is -5.54. The highest BCUT2D eigenvalue weighted by atomic mass is 32.1. The molecule has 1 unspecified atom stereocenters. The van der Waals surface area contributed by atoms with Crippen LogP contribution in [0.4, 0.5) is 11.5 Å². The number of Topliss-reactive ketones (excluding diaryl/α,β-unsaturated/α-hetero) is 2. The molecule has 1 aromatic carbocycles. The number of carbonyl (C=O) groups excluding carboxylic acids is 6. The molecule has 402 valence electrons. The number of carbonyl (C=O) groups is 6. The summed E-state index contributed by atoms with van der Waals surface area (Å²) >= 11 is 1.03. The Morgan fingerprint density at radius 2 is 1.64 bits per heavy atom. The summed E-state index contributed by atoms with van der Waals surface area (Å²) in [6.07, 6.45) is -0.00761. The number of rotatable bonds is 27. The Morgan fingerprint density at radius 3 is 2.26 bits per heavy atom. The second kappa shape index (κ2) is 25.6. The van der Waals surface area contributed by atoms with Crippen molar-refractivity contribution < 1.29 is 52.5 Å². The molecule has 2 aromatic heterocycles. The Balaban J connectivity index is 1.25. The maximum atomic E-state index is 14.7. The van der Waals surface area contributed by atoms with E-state index in [9.17, 15) is 28.8 Å². The van der Waals surface area contributed by atoms with E-state index in [0.29, 0.717) is 83.9 Å². The smallest absolute Gasteiger partial charge is 0.311 e. The van der Waals surface area contributed by atoms with Gasteiger partial charge in [0.2, 0.25) is 11.7 Å². The number of ketones is 2. The van der Waals surface area contributed by atoms with Crippen molar-refractivity contribution in [2.24, 2.45) is 0 Å². The van der Waals surface area contributed by atoms with Gasteiger partial charge in [-0.25, -0.2) is 0 Å². The lowest BCUT2D eigenvalue weighted by molar-refractivity contribution is -0.182. The van der Waals surface area contributed by atoms with Gasteiger partial charge in [0.25, 0.3) is 17.7 Å². The molecule has 2 aliphatic heterocycles. The summed E-state index contributed by atoms with van der Waals surface area (Å²) in [7, 11) is 0. The number of aromatic nitrogens is 3. The monoisotopic (exact) mass is 1030 g/mol. The van der Waals surface area contributed by atoms with Crippen LogP contribution in [0.1, 0.15) is 141 Å². The molecule has 0 radical (unpaired) electrons. The maximum absolute atomic E-state index is 14.7. The number of aryl methyl sites for hydroxylation is 1. The predicted molar refractivity (Wildman–Crippen MR) is 281 cm³/mol. The number of benzene rings is 1. The number of anilines is 2. The number of likely N-dealkylation sites (N-methyl/N-ethyl adjacent to an activating group) is 1. The van der Waals surface area contributed by atoms with Crippen LogP contribution in [-0.4, -0.2) is 153 Å². The Morgan fingerprint density at radius 1 is 0.959 bits per heavy atom. The molecule has 0 bridgehead atoms. The van der Waals surface area contributed by atoms with Gasteiger partial charge in [-0.3, -0.25) is 28.8 Å². The number of nitrogens with one attached hydrogen (secondary N) is 3. The van der Waals surface area contributed by atoms with Crippen LogP contribution in [0.15, 0.2) is 18.2 Å². The van der Waals surface area contributed by atoms with Gasteiger partial charge in [0.05, 0.1) is 49.0 Å². The van der Waals surface area contributed by atoms with Gasteiger partial charge in [-0.05, 0) is 111 Å². The van der Waals surface area contributed by atoms with Gasteiger partial charge in [0.1, 0.15) is 35.8 Å². The summed E-state index contributed by atoms with van der Waals surface area (Å²) in [5.74, 6) is -1.08. The zero-order valence-electron chi connectivity index (χ0n) is 45.2. The summed E-state index contributed by atoms with van der Waals surface area (Å²) in [6, 6.07) is 4.79. The largest absolute Gasteiger partial charge is 0.472 e. The first-order chi connectivity index (χ1) is 34.5. The van der Waals surface area contributed by atoms with E-state index >= 15 is 0 Å². The Bertz CT molecular complexity index is 2470. The number of morpholine rings is 1. The van der Waals surface area contributed by atoms with Crippen molar-refractivity contribution in [1.82, 2.24) is 28.8 Å². The van der Waals surface area contributed by atoms with Crippen LogP contribution in [-0.2, 0) is 38.2 Å². The Kier molecular flexibility index (Phi) is 20.5. The fourth-order valence-electron chi connectivity index (χ4n) is 9.31. The van der Waals surface area contributed by atoms with E-state index < -0.39 is 40.7 Å². The first-order valence-corrected chi connectivity index (χ1v) is 26.3. The average Bonchev–Trinajstić information content (AvgIpc) is 4.04. The fraction of sp³-hybridized carbons (Fsp3) is 0.623. The molecule has 20 heteroatoms. The lowest BCUT2D eigenvalue weighted by atomic mass is 9.87. The summed E-state index contributed by atoms with van der Waals surface area (Å²) < 4.78 is 39.6. The van der Waals surface area contributed by atoms with E-state index in [1.807, 2.05) is 53.4 Å². The number of H-pyrrole nitrogens is 1. The minimum atomic E-state index is -1.45. The van der Waals surface area contributed by atoms with Gasteiger partial charge in [0, 0.05) is 67.7 Å². The standard InChI is InChI=1S/C53H78N8O11S/c1-14-52(13,71-35(8)46(65)53(15-2,16-3)72-38(31-61(36(9)62)51(10,11)12)32-69-50-47(57-73-58-50)60-25-27-68-28-26-60)43(63)21-22-44(64)70-37-19-20-41-39(29-37)40(48(66)56-41)30-42-33(6)45(34(7)55-42)49(67)54-23-24-59(17-4)18-5/h19-20,29-30,35,38,55H,14-18,21-28,31-32H2,1-13H3,(H,54,67)(H,56,66)/b40-30-/t35-,38-,52?/m0/s1. The maximum Gasteiger partial charge on any atom is 0.311 e. The van der Waals surface area contributed by atoms with Gasteiger partial charge >= 0.3 is 5.97 Å². The summed E-state index contributed by atoms with van der Waals surface area (Å²) in [5.41, 5.74) is 0.405. The summed E-state index contributed by atoms with van der Waals surface area (Å²) in [5, 5.41) is 5.85. The molecule has 1 saturated heterocycles. The zero-order valence-corrected chi connectivity index (χ0v) is 46.0. The minimum absolute atomic E-state index is 0.0423. The number of hydrogen-bond acceptors (Lipinski definition) is 16. The Labute approximate surface area is 434 Å². The molecule has 5 rings (SSSR count). The predicted octanol–water partition coefficient (Wildman–Crippen LogP) is 6.95. The van der Waals surface area contributed by atoms with E-state index in [4.69, 9.17) is 23.7 Å². The number of esters is 1. The average molecular weight is 1040 g/mol. The van der Waals surface area contributed by atoms with Crippen molar-refractivity contribution in [2.75, 3.05) is 75.9 Å². The number of hydrogen-bond donors (Lipinski definition) is 3. The number of fused-ring (bicyclic) bond motifs is 1. The van der Waals surface area contributed by atoms with Crippen molar-refractivity contribution in [3.63, 3.8) is 0 Å². The van der Waals surface area contributed by atoms with Gasteiger partial charge in [-0.15, -0.1) is 4.37 Å². The highest BCUT2D eigenvalue weighted by Crippen LogP contribution is 2.37. The molecule has 4 heterocycles. The first-order valence-electron chi connectivity index (χ1n) is 25.6. The highest BCUT2D eigenvalue weighted by Gasteiger charge is 2.45. The van der Waals surface area contributed by atoms with Crippen LogP contribution in [0, 0.1) is 13.8 Å². The number of aromatic amines is 1. The van der Waals surface area contributed by atoms with E-state index in [1.54, 1.807) is 49.9 Å². The second-order valence-electron chi connectivity index (χ2n) is 19.8. The zero-order chi connectivity index (χ0) is 53.8. The molecule has 73 heavy (non-hydrogen) atoms. The van der Waals surface area contributed by atoms with Gasteiger partial charge < -0.3 is 54.0 Å². The molecule has 0 saturated carbocycles. The lowest BCUT2D eigenvalue weighted by Crippen LogP contribution is -2.55. The van der Waals surface area contributed by atoms with E-state index in [-0.39, 0.29) is 74.5 Å². The van der Waals surface area contributed by atoms with Crippen molar-refractivity contribution in [1.29, 1.82) is 0 Å². The number of nitrogens with zero attached hydrogens (tertiary/aromatic N) is 5. The molecular formula is C53H78N8O11S. The van der Waals surface area contributed by atoms with Crippen molar-refractivity contribution in [3.8, 4) is 11.6 Å². The number of amides is 3. The van der Waals surface area contributed by atoms with Crippen LogP contribution in [0.3, 0.4) is 0 Å². The van der Waals surface area contributed by atoms with Crippen molar-refractivity contribution >= 4 is 70.1 Å². The lowest BCUT2D eigenvalue weighted by Gasteiger charge is -2.41. The fourth-order valence-corrected chi connectivity index (χ4v) is 9.83. The molecule has 19 nitrogen and oxygen atoms in total. The molecular weight excluding hydrogens is 957 g/mol. The van der Waals surface area contributed by atoms with E-state index in [1.165, 1.54) is 6.92 Å². The van der Waals surface area contributed by atoms with E-state index in [2.05, 4.69) is 43.1 Å². The molecule has 2 aliphatic rings. The first kappa shape index (κ1) is 58.4. The van der Waals surface area contributed by atoms with Gasteiger partial charge in [0.15, 0.2) is 11.6 Å². The summed E-state index contributed by atoms with van der Waals surface area (Å²) in [6.45, 7) is 29.2. The van der Waals surface area contributed by atoms with Gasteiger partial charge in [-0.1, -0.05) is 34.6 Å². The molecule has 0 aliphatic carbocycles. The second-order valence-corrected chi connectivity index (χ2v) is 20.3. The topological polar surface area (TPSA) is 224 Å². The van der Waals surface area contributed by atoms with Crippen LogP contribution >= 0.6 is 11.7 Å². The molecule has 3 aromatic rings. The van der Waals surface area contributed by atoms with Crippen LogP contribution < -0.4 is 25.0 Å². The van der Waals surface area contributed by atoms with Gasteiger partial charge in [-0.2, -0.15) is 4.37 Å². The third-order valence-corrected chi connectivity index (χ3v) is 14.5. The summed E-state index contributed by atoms with van der Waals surface area (Å²) in [4.78, 5) is 90.7. The highest BCUT2D eigenvalue weighted by molar-refractivity contribution is 6.99. The minimum Gasteiger partial charge on any atom is -0.472 e. The molecule has 3 amide bonds. The van der Waals surface area contributed by atoms with Crippen LogP contribution in [0.5, 0.6) is 11.6 Å². The van der Waals surface area contributed by atoms with Crippen LogP contribution in [0.25, 0.3) is 11.6 Å². The third kappa shape index (κ3) is 14.4.